The van der Waals surface area contributed by atoms with Gasteiger partial charge in [0.25, 0.3) is 0 Å². The molecule has 0 radical (unpaired) electrons. The summed E-state index contributed by atoms with van der Waals surface area (Å²) in [6, 6.07) is 0. The van der Waals surface area contributed by atoms with Crippen LogP contribution >= 0.6 is 11.3 Å². The maximum Gasteiger partial charge on any atom is 0.225 e. The number of nitrogens with one attached hydrogen (secondary N) is 2. The summed E-state index contributed by atoms with van der Waals surface area (Å²) in [6.45, 7) is 7.97. The fraction of sp³-hybridized carbons (Fsp3) is 0.714. The lowest BCUT2D eigenvalue weighted by molar-refractivity contribution is -0.127. The SMILES string of the molecule is CCC(C)(NC(=O)C1CCCNC1)c1nc(C)cs1. The van der Waals surface area contributed by atoms with E-state index in [2.05, 4.69) is 29.5 Å². The van der Waals surface area contributed by atoms with Crippen LogP contribution in [0.5, 0.6) is 0 Å². The van der Waals surface area contributed by atoms with Gasteiger partial charge in [-0.2, -0.15) is 0 Å². The van der Waals surface area contributed by atoms with Crippen LogP contribution in [0.25, 0.3) is 0 Å². The van der Waals surface area contributed by atoms with E-state index >= 15 is 0 Å². The van der Waals surface area contributed by atoms with Crippen molar-refractivity contribution in [3.63, 3.8) is 0 Å². The highest BCUT2D eigenvalue weighted by Crippen LogP contribution is 2.28. The lowest BCUT2D eigenvalue weighted by Gasteiger charge is -2.31. The second-order valence-corrected chi connectivity index (χ2v) is 6.37. The summed E-state index contributed by atoms with van der Waals surface area (Å²) < 4.78 is 0. The number of hydrogen-bond donors (Lipinski definition) is 2. The molecule has 0 saturated carbocycles. The van der Waals surface area contributed by atoms with E-state index in [0.717, 1.165) is 43.1 Å². The fourth-order valence-corrected chi connectivity index (χ4v) is 3.34. The van der Waals surface area contributed by atoms with E-state index in [1.807, 2.05) is 12.3 Å². The number of carbonyl (C=O) groups excluding carboxylic acids is 1. The summed E-state index contributed by atoms with van der Waals surface area (Å²) in [7, 11) is 0. The Balaban J connectivity index is 2.07. The average molecular weight is 281 g/mol. The van der Waals surface area contributed by atoms with Crippen molar-refractivity contribution >= 4 is 17.2 Å². The van der Waals surface area contributed by atoms with E-state index in [4.69, 9.17) is 0 Å². The molecular formula is C14H23N3OS. The molecule has 106 valence electrons. The third kappa shape index (κ3) is 3.34. The number of amides is 1. The number of hydrogen-bond acceptors (Lipinski definition) is 4. The van der Waals surface area contributed by atoms with Gasteiger partial charge in [0.1, 0.15) is 5.01 Å². The smallest absolute Gasteiger partial charge is 0.225 e. The molecule has 2 unspecified atom stereocenters. The minimum Gasteiger partial charge on any atom is -0.344 e. The normalized spacial score (nSPS) is 22.8. The number of carbonyl (C=O) groups is 1. The molecule has 0 bridgehead atoms. The van der Waals surface area contributed by atoms with Crippen molar-refractivity contribution in [3.05, 3.63) is 16.1 Å². The Kier molecular flexibility index (Phi) is 4.58. The molecule has 2 heterocycles. The second kappa shape index (κ2) is 6.01. The quantitative estimate of drug-likeness (QED) is 0.889. The number of thiazole rings is 1. The fourth-order valence-electron chi connectivity index (χ4n) is 2.35. The van der Waals surface area contributed by atoms with Crippen LogP contribution in [0, 0.1) is 12.8 Å². The molecule has 0 spiro atoms. The van der Waals surface area contributed by atoms with E-state index in [-0.39, 0.29) is 17.4 Å². The lowest BCUT2D eigenvalue weighted by Crippen LogP contribution is -2.48. The zero-order valence-corrected chi connectivity index (χ0v) is 12.8. The first kappa shape index (κ1) is 14.5. The molecule has 19 heavy (non-hydrogen) atoms. The molecule has 1 aliphatic rings. The first-order valence-electron chi connectivity index (χ1n) is 7.00. The third-order valence-corrected chi connectivity index (χ3v) is 5.09. The highest BCUT2D eigenvalue weighted by Gasteiger charge is 2.32. The summed E-state index contributed by atoms with van der Waals surface area (Å²) in [5.74, 6) is 0.255. The molecule has 1 fully saturated rings. The lowest BCUT2D eigenvalue weighted by atomic mass is 9.94. The number of aromatic nitrogens is 1. The number of piperidine rings is 1. The van der Waals surface area contributed by atoms with Crippen LogP contribution in [-0.4, -0.2) is 24.0 Å². The van der Waals surface area contributed by atoms with E-state index in [1.54, 1.807) is 11.3 Å². The molecule has 1 aromatic heterocycles. The summed E-state index contributed by atoms with van der Waals surface area (Å²) in [5.41, 5.74) is 0.682. The maximum atomic E-state index is 12.4. The zero-order chi connectivity index (χ0) is 13.9. The predicted octanol–water partition coefficient (Wildman–Crippen LogP) is 2.19. The molecule has 2 rings (SSSR count). The molecule has 4 nitrogen and oxygen atoms in total. The molecule has 1 amide bonds. The van der Waals surface area contributed by atoms with Crippen molar-refractivity contribution in [2.75, 3.05) is 13.1 Å². The van der Waals surface area contributed by atoms with Gasteiger partial charge < -0.3 is 10.6 Å². The Morgan fingerprint density at radius 2 is 2.47 bits per heavy atom. The summed E-state index contributed by atoms with van der Waals surface area (Å²) >= 11 is 1.63. The summed E-state index contributed by atoms with van der Waals surface area (Å²) in [5, 5.41) is 9.54. The topological polar surface area (TPSA) is 54.0 Å². The van der Waals surface area contributed by atoms with Crippen LogP contribution in [0.2, 0.25) is 0 Å². The van der Waals surface area contributed by atoms with Crippen molar-refractivity contribution in [3.8, 4) is 0 Å². The minimum absolute atomic E-state index is 0.0979. The van der Waals surface area contributed by atoms with Gasteiger partial charge in [0.2, 0.25) is 5.91 Å². The molecule has 0 aliphatic carbocycles. The Hall–Kier alpha value is -0.940. The molecule has 2 N–H and O–H groups in total. The van der Waals surface area contributed by atoms with Crippen molar-refractivity contribution < 1.29 is 4.79 Å². The number of nitrogens with zero attached hydrogens (tertiary/aromatic N) is 1. The van der Waals surface area contributed by atoms with Crippen molar-refractivity contribution in [1.82, 2.24) is 15.6 Å². The van der Waals surface area contributed by atoms with Gasteiger partial charge in [0.15, 0.2) is 0 Å². The molecule has 0 aromatic carbocycles. The predicted molar refractivity (Wildman–Crippen MR) is 78.2 cm³/mol. The number of rotatable bonds is 4. The van der Waals surface area contributed by atoms with Gasteiger partial charge in [0, 0.05) is 17.6 Å². The van der Waals surface area contributed by atoms with E-state index in [0.29, 0.717) is 0 Å². The first-order chi connectivity index (χ1) is 9.05. The summed E-state index contributed by atoms with van der Waals surface area (Å²) in [4.78, 5) is 16.9. The van der Waals surface area contributed by atoms with Gasteiger partial charge in [-0.1, -0.05) is 6.92 Å². The van der Waals surface area contributed by atoms with Crippen LogP contribution in [0.1, 0.15) is 43.8 Å². The molecular weight excluding hydrogens is 258 g/mol. The van der Waals surface area contributed by atoms with Gasteiger partial charge in [-0.15, -0.1) is 11.3 Å². The van der Waals surface area contributed by atoms with Crippen LogP contribution < -0.4 is 10.6 Å². The molecule has 1 aromatic rings. The molecule has 1 saturated heterocycles. The Bertz CT molecular complexity index is 440. The third-order valence-electron chi connectivity index (χ3n) is 3.86. The van der Waals surface area contributed by atoms with E-state index in [1.165, 1.54) is 0 Å². The Morgan fingerprint density at radius 3 is 3.00 bits per heavy atom. The van der Waals surface area contributed by atoms with Gasteiger partial charge in [-0.25, -0.2) is 4.98 Å². The van der Waals surface area contributed by atoms with Crippen LogP contribution in [0.3, 0.4) is 0 Å². The Morgan fingerprint density at radius 1 is 1.68 bits per heavy atom. The van der Waals surface area contributed by atoms with Crippen LogP contribution in [-0.2, 0) is 10.3 Å². The largest absolute Gasteiger partial charge is 0.344 e. The van der Waals surface area contributed by atoms with Gasteiger partial charge in [-0.3, -0.25) is 4.79 Å². The summed E-state index contributed by atoms with van der Waals surface area (Å²) in [6.07, 6.45) is 2.92. The molecule has 1 aliphatic heterocycles. The molecule has 2 atom stereocenters. The highest BCUT2D eigenvalue weighted by molar-refractivity contribution is 7.09. The van der Waals surface area contributed by atoms with Gasteiger partial charge >= 0.3 is 0 Å². The van der Waals surface area contributed by atoms with Crippen molar-refractivity contribution in [1.29, 1.82) is 0 Å². The highest BCUT2D eigenvalue weighted by atomic mass is 32.1. The van der Waals surface area contributed by atoms with Gasteiger partial charge in [0.05, 0.1) is 11.5 Å². The standard InChI is InChI=1S/C14H23N3OS/c1-4-14(3,13-16-10(2)9-19-13)17-12(18)11-6-5-7-15-8-11/h9,11,15H,4-8H2,1-3H3,(H,17,18). The molecule has 5 heteroatoms. The monoisotopic (exact) mass is 281 g/mol. The average Bonchev–Trinajstić information content (AvgIpc) is 2.87. The first-order valence-corrected chi connectivity index (χ1v) is 7.88. The Labute approximate surface area is 119 Å². The van der Waals surface area contributed by atoms with E-state index < -0.39 is 0 Å². The van der Waals surface area contributed by atoms with Crippen molar-refractivity contribution in [2.45, 2.75) is 45.6 Å². The maximum absolute atomic E-state index is 12.4. The van der Waals surface area contributed by atoms with E-state index in [9.17, 15) is 4.79 Å². The van der Waals surface area contributed by atoms with Crippen molar-refractivity contribution in [2.24, 2.45) is 5.92 Å². The zero-order valence-electron chi connectivity index (χ0n) is 12.0. The number of aryl methyl sites for hydroxylation is 1. The van der Waals surface area contributed by atoms with Crippen LogP contribution in [0.4, 0.5) is 0 Å². The second-order valence-electron chi connectivity index (χ2n) is 5.51. The van der Waals surface area contributed by atoms with Crippen LogP contribution in [0.15, 0.2) is 5.38 Å². The minimum atomic E-state index is -0.340. The van der Waals surface area contributed by atoms with Gasteiger partial charge in [-0.05, 0) is 39.7 Å².